The Balaban J connectivity index is 2.40. The lowest BCUT2D eigenvalue weighted by Gasteiger charge is -2.17. The van der Waals surface area contributed by atoms with Crippen molar-refractivity contribution in [2.75, 3.05) is 20.7 Å². The Labute approximate surface area is 118 Å². The van der Waals surface area contributed by atoms with Crippen LogP contribution in [0.2, 0.25) is 5.02 Å². The molecule has 1 N–H and O–H groups in total. The molecule has 104 valence electrons. The van der Waals surface area contributed by atoms with Gasteiger partial charge in [0.2, 0.25) is 0 Å². The van der Waals surface area contributed by atoms with Gasteiger partial charge < -0.3 is 9.84 Å². The van der Waals surface area contributed by atoms with Gasteiger partial charge in [0.1, 0.15) is 17.7 Å². The maximum absolute atomic E-state index is 10.0. The van der Waals surface area contributed by atoms with Crippen LogP contribution in [-0.2, 0) is 0 Å². The minimum Gasteiger partial charge on any atom is -0.507 e. The lowest BCUT2D eigenvalue weighted by atomic mass is 10.1. The first-order valence-electron chi connectivity index (χ1n) is 6.35. The molecule has 5 heteroatoms. The van der Waals surface area contributed by atoms with Crippen LogP contribution in [0.15, 0.2) is 17.1 Å². The minimum atomic E-state index is 0.142. The van der Waals surface area contributed by atoms with Gasteiger partial charge in [0.05, 0.1) is 17.7 Å². The predicted octanol–water partition coefficient (Wildman–Crippen LogP) is 2.91. The number of nitrogens with zero attached hydrogens (tertiary/aromatic N) is 2. The van der Waals surface area contributed by atoms with E-state index in [0.717, 1.165) is 25.1 Å². The quantitative estimate of drug-likeness (QED) is 0.867. The third-order valence-electron chi connectivity index (χ3n) is 3.48. The van der Waals surface area contributed by atoms with Gasteiger partial charge in [-0.2, -0.15) is 0 Å². The summed E-state index contributed by atoms with van der Waals surface area (Å²) in [6, 6.07) is 3.19. The van der Waals surface area contributed by atoms with E-state index in [0.29, 0.717) is 16.3 Å². The molecular weight excluding hydrogens is 264 g/mol. The highest BCUT2D eigenvalue weighted by Gasteiger charge is 2.22. The maximum atomic E-state index is 10.0. The number of hydrogen-bond acceptors (Lipinski definition) is 4. The number of aromatic hydroxyl groups is 1. The van der Waals surface area contributed by atoms with Crippen LogP contribution in [0, 0.1) is 0 Å². The Morgan fingerprint density at radius 3 is 2.84 bits per heavy atom. The van der Waals surface area contributed by atoms with Crippen LogP contribution in [0.1, 0.15) is 25.3 Å². The molecule has 0 spiro atoms. The Kier molecular flexibility index (Phi) is 4.32. The van der Waals surface area contributed by atoms with Crippen LogP contribution in [-0.4, -0.2) is 42.6 Å². The van der Waals surface area contributed by atoms with Gasteiger partial charge >= 0.3 is 0 Å². The molecule has 1 fully saturated rings. The van der Waals surface area contributed by atoms with Gasteiger partial charge in [-0.1, -0.05) is 11.6 Å². The Hall–Kier alpha value is -1.26. The summed E-state index contributed by atoms with van der Waals surface area (Å²) in [5, 5.41) is 10.5. The highest BCUT2D eigenvalue weighted by molar-refractivity contribution is 6.33. The van der Waals surface area contributed by atoms with Crippen molar-refractivity contribution >= 4 is 17.3 Å². The van der Waals surface area contributed by atoms with Crippen molar-refractivity contribution in [2.45, 2.75) is 25.9 Å². The van der Waals surface area contributed by atoms with Crippen molar-refractivity contribution in [3.8, 4) is 11.5 Å². The SMILES string of the molecule is COc1c(Cl)ccc(O)c1/C(C)=N/C1CCCN1C. The fourth-order valence-electron chi connectivity index (χ4n) is 2.44. The number of ether oxygens (including phenoxy) is 1. The highest BCUT2D eigenvalue weighted by Crippen LogP contribution is 2.35. The highest BCUT2D eigenvalue weighted by atomic mass is 35.5. The molecule has 4 nitrogen and oxygen atoms in total. The van der Waals surface area contributed by atoms with Crippen LogP contribution < -0.4 is 4.74 Å². The van der Waals surface area contributed by atoms with Gasteiger partial charge in [0.15, 0.2) is 0 Å². The third-order valence-corrected chi connectivity index (χ3v) is 3.78. The molecule has 0 bridgehead atoms. The van der Waals surface area contributed by atoms with Crippen molar-refractivity contribution in [3.63, 3.8) is 0 Å². The molecule has 2 rings (SSSR count). The lowest BCUT2D eigenvalue weighted by Crippen LogP contribution is -2.24. The summed E-state index contributed by atoms with van der Waals surface area (Å²) in [5.41, 5.74) is 1.32. The Bertz CT molecular complexity index is 502. The number of halogens is 1. The van der Waals surface area contributed by atoms with E-state index in [4.69, 9.17) is 16.3 Å². The van der Waals surface area contributed by atoms with Crippen LogP contribution >= 0.6 is 11.6 Å². The van der Waals surface area contributed by atoms with Crippen LogP contribution in [0.25, 0.3) is 0 Å². The van der Waals surface area contributed by atoms with Gasteiger partial charge in [-0.25, -0.2) is 0 Å². The van der Waals surface area contributed by atoms with Crippen molar-refractivity contribution in [2.24, 2.45) is 4.99 Å². The summed E-state index contributed by atoms with van der Waals surface area (Å²) in [4.78, 5) is 6.89. The molecule has 1 aromatic carbocycles. The van der Waals surface area contributed by atoms with E-state index in [1.807, 2.05) is 6.92 Å². The summed E-state index contributed by atoms with van der Waals surface area (Å²) in [5.74, 6) is 0.617. The summed E-state index contributed by atoms with van der Waals surface area (Å²) in [6.07, 6.45) is 2.36. The summed E-state index contributed by atoms with van der Waals surface area (Å²) >= 11 is 6.09. The topological polar surface area (TPSA) is 45.1 Å². The average Bonchev–Trinajstić information content (AvgIpc) is 2.77. The van der Waals surface area contributed by atoms with E-state index < -0.39 is 0 Å². The fraction of sp³-hybridized carbons (Fsp3) is 0.500. The molecule has 1 atom stereocenters. The number of benzene rings is 1. The molecular formula is C14H19ClN2O2. The summed E-state index contributed by atoms with van der Waals surface area (Å²) in [7, 11) is 3.60. The zero-order valence-electron chi connectivity index (χ0n) is 11.5. The number of hydrogen-bond donors (Lipinski definition) is 1. The molecule has 0 aliphatic carbocycles. The van der Waals surface area contributed by atoms with Crippen molar-refractivity contribution in [1.82, 2.24) is 4.90 Å². The van der Waals surface area contributed by atoms with Crippen molar-refractivity contribution < 1.29 is 9.84 Å². The number of rotatable bonds is 3. The molecule has 1 heterocycles. The molecule has 1 aromatic rings. The number of phenolic OH excluding ortho intramolecular Hbond substituents is 1. The summed E-state index contributed by atoms with van der Waals surface area (Å²) < 4.78 is 5.28. The monoisotopic (exact) mass is 282 g/mol. The van der Waals surface area contributed by atoms with Gasteiger partial charge in [0.25, 0.3) is 0 Å². The van der Waals surface area contributed by atoms with Crippen LogP contribution in [0.4, 0.5) is 0 Å². The van der Waals surface area contributed by atoms with Gasteiger partial charge in [-0.05, 0) is 45.5 Å². The van der Waals surface area contributed by atoms with Crippen LogP contribution in [0.3, 0.4) is 0 Å². The second-order valence-electron chi connectivity index (χ2n) is 4.79. The van der Waals surface area contributed by atoms with Gasteiger partial charge in [-0.3, -0.25) is 9.89 Å². The second kappa shape index (κ2) is 5.80. The molecule has 19 heavy (non-hydrogen) atoms. The van der Waals surface area contributed by atoms with Crippen LogP contribution in [0.5, 0.6) is 11.5 Å². The smallest absolute Gasteiger partial charge is 0.150 e. The normalized spacial score (nSPS) is 20.8. The van der Waals surface area contributed by atoms with E-state index in [1.165, 1.54) is 0 Å². The predicted molar refractivity (Wildman–Crippen MR) is 77.5 cm³/mol. The van der Waals surface area contributed by atoms with Crippen molar-refractivity contribution in [1.29, 1.82) is 0 Å². The zero-order valence-corrected chi connectivity index (χ0v) is 12.2. The standard InChI is InChI=1S/C14H19ClN2O2/c1-9(16-12-5-4-8-17(12)2)13-11(18)7-6-10(15)14(13)19-3/h6-7,12,18H,4-5,8H2,1-3H3/b16-9+. The van der Waals surface area contributed by atoms with E-state index in [9.17, 15) is 5.11 Å². The third kappa shape index (κ3) is 2.85. The van der Waals surface area contributed by atoms with Gasteiger partial charge in [-0.15, -0.1) is 0 Å². The molecule has 0 aromatic heterocycles. The minimum absolute atomic E-state index is 0.142. The number of aliphatic imine (C=N–C) groups is 1. The largest absolute Gasteiger partial charge is 0.507 e. The molecule has 0 amide bonds. The average molecular weight is 283 g/mol. The lowest BCUT2D eigenvalue weighted by molar-refractivity contribution is 0.320. The zero-order chi connectivity index (χ0) is 14.0. The molecule has 1 aliphatic heterocycles. The maximum Gasteiger partial charge on any atom is 0.150 e. The number of phenols is 1. The Morgan fingerprint density at radius 1 is 1.53 bits per heavy atom. The fourth-order valence-corrected chi connectivity index (χ4v) is 2.67. The Morgan fingerprint density at radius 2 is 2.26 bits per heavy atom. The second-order valence-corrected chi connectivity index (χ2v) is 5.20. The van der Waals surface area contributed by atoms with E-state index >= 15 is 0 Å². The molecule has 1 saturated heterocycles. The number of likely N-dealkylation sites (tertiary alicyclic amines) is 1. The van der Waals surface area contributed by atoms with Crippen molar-refractivity contribution in [3.05, 3.63) is 22.7 Å². The van der Waals surface area contributed by atoms with Gasteiger partial charge in [0, 0.05) is 5.71 Å². The van der Waals surface area contributed by atoms with E-state index in [-0.39, 0.29) is 11.9 Å². The summed E-state index contributed by atoms with van der Waals surface area (Å²) in [6.45, 7) is 2.93. The molecule has 0 saturated carbocycles. The molecule has 0 radical (unpaired) electrons. The van der Waals surface area contributed by atoms with E-state index in [2.05, 4.69) is 16.9 Å². The first-order valence-corrected chi connectivity index (χ1v) is 6.73. The van der Waals surface area contributed by atoms with E-state index in [1.54, 1.807) is 19.2 Å². The first kappa shape index (κ1) is 14.2. The molecule has 1 unspecified atom stereocenters. The molecule has 1 aliphatic rings. The number of methoxy groups -OCH3 is 1. The first-order chi connectivity index (χ1) is 9.04.